The van der Waals surface area contributed by atoms with Crippen molar-refractivity contribution >= 4 is 23.6 Å². The van der Waals surface area contributed by atoms with Gasteiger partial charge in [-0.15, -0.1) is 0 Å². The van der Waals surface area contributed by atoms with Crippen LogP contribution in [0.5, 0.6) is 11.5 Å². The summed E-state index contributed by atoms with van der Waals surface area (Å²) in [4.78, 5) is 16.7. The van der Waals surface area contributed by atoms with Crippen LogP contribution in [0.4, 0.5) is 0 Å². The molecule has 0 aliphatic carbocycles. The van der Waals surface area contributed by atoms with Gasteiger partial charge in [-0.25, -0.2) is 0 Å². The molecule has 3 heterocycles. The fourth-order valence-electron chi connectivity index (χ4n) is 3.58. The van der Waals surface area contributed by atoms with Gasteiger partial charge >= 0.3 is 0 Å². The third kappa shape index (κ3) is 3.98. The topological polar surface area (TPSA) is 51.2 Å². The van der Waals surface area contributed by atoms with E-state index < -0.39 is 0 Å². The number of rotatable bonds is 4. The molecule has 3 aliphatic rings. The minimum absolute atomic E-state index is 0.0237. The van der Waals surface area contributed by atoms with E-state index >= 15 is 0 Å². The van der Waals surface area contributed by atoms with Crippen molar-refractivity contribution in [2.75, 3.05) is 46.1 Å². The molecule has 140 valence electrons. The number of hydrogen-bond acceptors (Lipinski definition) is 5. The summed E-state index contributed by atoms with van der Waals surface area (Å²) < 4.78 is 16.3. The van der Waals surface area contributed by atoms with Crippen molar-refractivity contribution < 1.29 is 19.0 Å². The van der Waals surface area contributed by atoms with Crippen molar-refractivity contribution in [2.45, 2.75) is 18.9 Å². The lowest BCUT2D eigenvalue weighted by atomic mass is 10.1. The van der Waals surface area contributed by atoms with Gasteiger partial charge in [0, 0.05) is 45.4 Å². The van der Waals surface area contributed by atoms with Gasteiger partial charge in [-0.05, 0) is 36.6 Å². The van der Waals surface area contributed by atoms with Gasteiger partial charge in [0.05, 0.1) is 11.1 Å². The summed E-state index contributed by atoms with van der Waals surface area (Å²) in [5.41, 5.74) is 0.824. The number of carbonyl (C=O) groups excluding carboxylic acids is 1. The van der Waals surface area contributed by atoms with Crippen LogP contribution in [0.1, 0.15) is 18.4 Å². The van der Waals surface area contributed by atoms with Crippen LogP contribution < -0.4 is 9.47 Å². The minimum Gasteiger partial charge on any atom is -0.454 e. The number of hydrogen-bond donors (Lipinski definition) is 0. The zero-order valence-electron chi connectivity index (χ0n) is 14.7. The Labute approximate surface area is 158 Å². The minimum atomic E-state index is 0.0237. The number of carbonyl (C=O) groups is 1. The Hall–Kier alpha value is -1.76. The molecule has 0 radical (unpaired) electrons. The molecule has 7 heteroatoms. The summed E-state index contributed by atoms with van der Waals surface area (Å²) in [6, 6.07) is 3.61. The Morgan fingerprint density at radius 2 is 2.08 bits per heavy atom. The first-order valence-electron chi connectivity index (χ1n) is 9.09. The summed E-state index contributed by atoms with van der Waals surface area (Å²) in [5, 5.41) is 0.495. The van der Waals surface area contributed by atoms with Crippen molar-refractivity contribution in [3.05, 3.63) is 28.8 Å². The molecule has 3 aliphatic heterocycles. The average Bonchev–Trinajstić information content (AvgIpc) is 3.32. The van der Waals surface area contributed by atoms with Gasteiger partial charge < -0.3 is 19.1 Å². The molecule has 0 spiro atoms. The first kappa shape index (κ1) is 17.6. The standard InChI is InChI=1S/C19H23ClN2O4/c20-16-10-14(11-17-19(16)26-13-25-17)3-4-18(23)22-7-5-21(6-8-22)12-15-2-1-9-24-15/h3-4,10-11,15H,1-2,5-9,12-13H2/b4-3+. The second-order valence-corrected chi connectivity index (χ2v) is 7.24. The predicted octanol–water partition coefficient (Wildman–Crippen LogP) is 2.41. The van der Waals surface area contributed by atoms with Crippen molar-refractivity contribution in [1.82, 2.24) is 9.80 Å². The molecule has 0 saturated carbocycles. The second kappa shape index (κ2) is 7.86. The van der Waals surface area contributed by atoms with Crippen LogP contribution in [0, 0.1) is 0 Å². The van der Waals surface area contributed by atoms with Gasteiger partial charge in [0.2, 0.25) is 12.7 Å². The molecule has 2 fully saturated rings. The van der Waals surface area contributed by atoms with E-state index in [-0.39, 0.29) is 12.7 Å². The Kier molecular flexibility index (Phi) is 5.33. The summed E-state index contributed by atoms with van der Waals surface area (Å²) in [7, 11) is 0. The number of benzene rings is 1. The van der Waals surface area contributed by atoms with E-state index in [1.807, 2.05) is 11.0 Å². The molecule has 4 rings (SSSR count). The van der Waals surface area contributed by atoms with Gasteiger partial charge in [-0.3, -0.25) is 9.69 Å². The maximum absolute atomic E-state index is 12.4. The number of piperazine rings is 1. The molecule has 1 unspecified atom stereocenters. The van der Waals surface area contributed by atoms with Gasteiger partial charge in [-0.1, -0.05) is 11.6 Å². The molecule has 0 aromatic heterocycles. The van der Waals surface area contributed by atoms with Crippen LogP contribution >= 0.6 is 11.6 Å². The maximum atomic E-state index is 12.4. The normalized spacial score (nSPS) is 23.1. The van der Waals surface area contributed by atoms with Crippen molar-refractivity contribution in [2.24, 2.45) is 0 Å². The number of nitrogens with zero attached hydrogens (tertiary/aromatic N) is 2. The molecule has 1 aromatic rings. The van der Waals surface area contributed by atoms with E-state index in [4.69, 9.17) is 25.8 Å². The van der Waals surface area contributed by atoms with Crippen LogP contribution in [0.15, 0.2) is 18.2 Å². The third-order valence-electron chi connectivity index (χ3n) is 5.04. The molecular weight excluding hydrogens is 356 g/mol. The van der Waals surface area contributed by atoms with Crippen LogP contribution in [-0.4, -0.2) is 67.9 Å². The van der Waals surface area contributed by atoms with Gasteiger partial charge in [0.25, 0.3) is 0 Å². The Bertz CT molecular complexity index is 695. The lowest BCUT2D eigenvalue weighted by molar-refractivity contribution is -0.127. The largest absolute Gasteiger partial charge is 0.454 e. The molecule has 26 heavy (non-hydrogen) atoms. The van der Waals surface area contributed by atoms with Crippen molar-refractivity contribution in [3.8, 4) is 11.5 Å². The highest BCUT2D eigenvalue weighted by molar-refractivity contribution is 6.32. The fraction of sp³-hybridized carbons (Fsp3) is 0.526. The third-order valence-corrected chi connectivity index (χ3v) is 5.32. The first-order valence-corrected chi connectivity index (χ1v) is 9.47. The first-order chi connectivity index (χ1) is 12.7. The molecular formula is C19H23ClN2O4. The number of halogens is 1. The summed E-state index contributed by atoms with van der Waals surface area (Å²) in [6.07, 6.45) is 6.06. The molecule has 0 N–H and O–H groups in total. The highest BCUT2D eigenvalue weighted by Gasteiger charge is 2.24. The molecule has 1 atom stereocenters. The Balaban J connectivity index is 1.30. The number of fused-ring (bicyclic) bond motifs is 1. The van der Waals surface area contributed by atoms with Gasteiger partial charge in [0.1, 0.15) is 0 Å². The van der Waals surface area contributed by atoms with Crippen molar-refractivity contribution in [1.29, 1.82) is 0 Å². The van der Waals surface area contributed by atoms with Gasteiger partial charge in [0.15, 0.2) is 11.5 Å². The van der Waals surface area contributed by atoms with Crippen LogP contribution in [-0.2, 0) is 9.53 Å². The van der Waals surface area contributed by atoms with E-state index in [0.29, 0.717) is 22.6 Å². The zero-order valence-corrected chi connectivity index (χ0v) is 15.4. The lowest BCUT2D eigenvalue weighted by Gasteiger charge is -2.35. The zero-order chi connectivity index (χ0) is 17.9. The second-order valence-electron chi connectivity index (χ2n) is 6.83. The molecule has 0 bridgehead atoms. The molecule has 6 nitrogen and oxygen atoms in total. The maximum Gasteiger partial charge on any atom is 0.246 e. The van der Waals surface area contributed by atoms with E-state index in [0.717, 1.165) is 57.7 Å². The summed E-state index contributed by atoms with van der Waals surface area (Å²) in [6.45, 7) is 5.34. The van der Waals surface area contributed by atoms with Crippen LogP contribution in [0.3, 0.4) is 0 Å². The number of amides is 1. The monoisotopic (exact) mass is 378 g/mol. The number of ether oxygens (including phenoxy) is 3. The molecule has 1 aromatic carbocycles. The highest BCUT2D eigenvalue weighted by atomic mass is 35.5. The predicted molar refractivity (Wildman–Crippen MR) is 98.6 cm³/mol. The van der Waals surface area contributed by atoms with Gasteiger partial charge in [-0.2, -0.15) is 0 Å². The summed E-state index contributed by atoms with van der Waals surface area (Å²) >= 11 is 6.17. The van der Waals surface area contributed by atoms with E-state index in [1.54, 1.807) is 18.2 Å². The quantitative estimate of drug-likeness (QED) is 0.753. The lowest BCUT2D eigenvalue weighted by Crippen LogP contribution is -2.50. The Morgan fingerprint density at radius 3 is 2.85 bits per heavy atom. The SMILES string of the molecule is O=C(/C=C/c1cc(Cl)c2c(c1)OCO2)N1CCN(CC2CCCO2)CC1. The van der Waals surface area contributed by atoms with E-state index in [9.17, 15) is 4.79 Å². The van der Waals surface area contributed by atoms with E-state index in [1.165, 1.54) is 0 Å². The van der Waals surface area contributed by atoms with Crippen LogP contribution in [0.25, 0.3) is 6.08 Å². The van der Waals surface area contributed by atoms with E-state index in [2.05, 4.69) is 4.90 Å². The summed E-state index contributed by atoms with van der Waals surface area (Å²) in [5.74, 6) is 1.21. The molecule has 1 amide bonds. The molecule has 2 saturated heterocycles. The average molecular weight is 379 g/mol. The fourth-order valence-corrected chi connectivity index (χ4v) is 3.86. The smallest absolute Gasteiger partial charge is 0.246 e. The Morgan fingerprint density at radius 1 is 1.23 bits per heavy atom. The highest BCUT2D eigenvalue weighted by Crippen LogP contribution is 2.40. The van der Waals surface area contributed by atoms with Crippen molar-refractivity contribution in [3.63, 3.8) is 0 Å². The van der Waals surface area contributed by atoms with Crippen LogP contribution in [0.2, 0.25) is 5.02 Å².